The molecule has 0 spiro atoms. The molecule has 29 heavy (non-hydrogen) atoms. The van der Waals surface area contributed by atoms with Crippen LogP contribution in [-0.4, -0.2) is 57.2 Å². The molecule has 1 saturated heterocycles. The lowest BCUT2D eigenvalue weighted by atomic mass is 10.2. The van der Waals surface area contributed by atoms with Crippen LogP contribution in [0.15, 0.2) is 48.9 Å². The number of nitrogens with zero attached hydrogens (tertiary/aromatic N) is 7. The maximum atomic E-state index is 11.2. The predicted octanol–water partition coefficient (Wildman–Crippen LogP) is 1.69. The van der Waals surface area contributed by atoms with Crippen LogP contribution in [0.3, 0.4) is 0 Å². The first kappa shape index (κ1) is 18.5. The lowest BCUT2D eigenvalue weighted by Crippen LogP contribution is -2.47. The van der Waals surface area contributed by atoms with E-state index in [-0.39, 0.29) is 5.91 Å². The molecule has 0 aliphatic carbocycles. The number of carbonyl (C=O) groups excluding carboxylic acids is 1. The molecule has 1 amide bonds. The van der Waals surface area contributed by atoms with Gasteiger partial charge in [-0.05, 0) is 24.3 Å². The summed E-state index contributed by atoms with van der Waals surface area (Å²) in [5, 5.41) is 14.2. The van der Waals surface area contributed by atoms with Gasteiger partial charge in [0.15, 0.2) is 5.82 Å². The third kappa shape index (κ3) is 4.72. The number of rotatable bonds is 5. The zero-order valence-corrected chi connectivity index (χ0v) is 16.0. The molecule has 0 bridgehead atoms. The van der Waals surface area contributed by atoms with Crippen molar-refractivity contribution in [1.29, 1.82) is 0 Å². The molecular formula is C19H21N9O. The normalized spacial score (nSPS) is 13.8. The van der Waals surface area contributed by atoms with E-state index in [9.17, 15) is 4.79 Å². The molecule has 3 heterocycles. The highest BCUT2D eigenvalue weighted by Crippen LogP contribution is 2.20. The monoisotopic (exact) mass is 391 g/mol. The second kappa shape index (κ2) is 8.46. The van der Waals surface area contributed by atoms with E-state index in [0.29, 0.717) is 17.5 Å². The van der Waals surface area contributed by atoms with Crippen LogP contribution >= 0.6 is 0 Å². The maximum absolute atomic E-state index is 11.2. The molecule has 1 aliphatic heterocycles. The van der Waals surface area contributed by atoms with Crippen LogP contribution in [0, 0.1) is 0 Å². The third-order valence-electron chi connectivity index (χ3n) is 4.40. The van der Waals surface area contributed by atoms with Gasteiger partial charge < -0.3 is 20.4 Å². The molecule has 2 aromatic heterocycles. The minimum atomic E-state index is -0.117. The molecule has 3 aromatic rings. The van der Waals surface area contributed by atoms with E-state index in [2.05, 4.69) is 45.6 Å². The average molecular weight is 391 g/mol. The Balaban J connectivity index is 1.41. The first-order valence-corrected chi connectivity index (χ1v) is 9.29. The number of aromatic nitrogens is 5. The Kier molecular flexibility index (Phi) is 5.41. The Morgan fingerprint density at radius 3 is 2.38 bits per heavy atom. The van der Waals surface area contributed by atoms with Crippen LogP contribution in [0.5, 0.6) is 0 Å². The van der Waals surface area contributed by atoms with Gasteiger partial charge in [-0.3, -0.25) is 4.79 Å². The standard InChI is InChI=1S/C19H21N9O/c1-14(29)23-15-4-2-5-16(12-15)24-17-13-22-26-19(25-17)28-10-8-27(9-11-28)18-20-6-3-7-21-18/h2-7,12-13H,8-11H2,1H3,(H,23,29)(H,24,25,26). The van der Waals surface area contributed by atoms with Gasteiger partial charge in [0.05, 0.1) is 6.20 Å². The quantitative estimate of drug-likeness (QED) is 0.671. The number of nitrogens with one attached hydrogen (secondary N) is 2. The van der Waals surface area contributed by atoms with Crippen molar-refractivity contribution in [2.45, 2.75) is 6.92 Å². The van der Waals surface area contributed by atoms with E-state index < -0.39 is 0 Å². The molecule has 10 nitrogen and oxygen atoms in total. The fourth-order valence-corrected chi connectivity index (χ4v) is 3.08. The molecule has 2 N–H and O–H groups in total. The molecule has 1 aromatic carbocycles. The van der Waals surface area contributed by atoms with Crippen molar-refractivity contribution >= 4 is 35.0 Å². The molecule has 1 aliphatic rings. The SMILES string of the molecule is CC(=O)Nc1cccc(Nc2cnnc(N3CCN(c4ncccn4)CC3)n2)c1. The van der Waals surface area contributed by atoms with E-state index in [0.717, 1.165) is 37.8 Å². The number of amides is 1. The summed E-state index contributed by atoms with van der Waals surface area (Å²) in [6, 6.07) is 9.22. The van der Waals surface area contributed by atoms with Gasteiger partial charge in [-0.1, -0.05) is 6.07 Å². The molecule has 0 unspecified atom stereocenters. The van der Waals surface area contributed by atoms with Gasteiger partial charge in [-0.25, -0.2) is 9.97 Å². The fraction of sp³-hybridized carbons (Fsp3) is 0.263. The van der Waals surface area contributed by atoms with Gasteiger partial charge in [0.2, 0.25) is 17.8 Å². The van der Waals surface area contributed by atoms with E-state index in [4.69, 9.17) is 0 Å². The highest BCUT2D eigenvalue weighted by atomic mass is 16.1. The van der Waals surface area contributed by atoms with Gasteiger partial charge >= 0.3 is 0 Å². The van der Waals surface area contributed by atoms with E-state index in [1.54, 1.807) is 18.6 Å². The zero-order valence-electron chi connectivity index (χ0n) is 16.0. The lowest BCUT2D eigenvalue weighted by molar-refractivity contribution is -0.114. The maximum Gasteiger partial charge on any atom is 0.247 e. The third-order valence-corrected chi connectivity index (χ3v) is 4.40. The molecular weight excluding hydrogens is 370 g/mol. The minimum absolute atomic E-state index is 0.117. The molecule has 148 valence electrons. The Hall–Kier alpha value is -3.82. The highest BCUT2D eigenvalue weighted by Gasteiger charge is 2.21. The summed E-state index contributed by atoms with van der Waals surface area (Å²) in [6.07, 6.45) is 5.07. The fourth-order valence-electron chi connectivity index (χ4n) is 3.08. The van der Waals surface area contributed by atoms with Crippen molar-refractivity contribution in [3.8, 4) is 0 Å². The van der Waals surface area contributed by atoms with Crippen LogP contribution in [0.25, 0.3) is 0 Å². The van der Waals surface area contributed by atoms with Crippen molar-refractivity contribution < 1.29 is 4.79 Å². The largest absolute Gasteiger partial charge is 0.339 e. The van der Waals surface area contributed by atoms with Crippen LogP contribution in [0.1, 0.15) is 6.92 Å². The highest BCUT2D eigenvalue weighted by molar-refractivity contribution is 5.89. The Labute approximate surface area is 168 Å². The van der Waals surface area contributed by atoms with Gasteiger partial charge in [0.25, 0.3) is 0 Å². The summed E-state index contributed by atoms with van der Waals surface area (Å²) in [7, 11) is 0. The van der Waals surface area contributed by atoms with Crippen LogP contribution in [0.4, 0.5) is 29.1 Å². The average Bonchev–Trinajstić information content (AvgIpc) is 2.74. The molecule has 4 rings (SSSR count). The summed E-state index contributed by atoms with van der Waals surface area (Å²) in [4.78, 5) is 28.7. The Bertz CT molecular complexity index is 974. The molecule has 0 atom stereocenters. The number of benzene rings is 1. The first-order valence-electron chi connectivity index (χ1n) is 9.29. The summed E-state index contributed by atoms with van der Waals surface area (Å²) in [5.74, 6) is 1.78. The Morgan fingerprint density at radius 2 is 1.66 bits per heavy atom. The molecule has 10 heteroatoms. The Morgan fingerprint density at radius 1 is 0.966 bits per heavy atom. The number of carbonyl (C=O) groups is 1. The number of anilines is 5. The van der Waals surface area contributed by atoms with Crippen LogP contribution in [-0.2, 0) is 4.79 Å². The van der Waals surface area contributed by atoms with Crippen LogP contribution < -0.4 is 20.4 Å². The van der Waals surface area contributed by atoms with Crippen molar-refractivity contribution in [2.75, 3.05) is 46.6 Å². The summed E-state index contributed by atoms with van der Waals surface area (Å²) < 4.78 is 0. The predicted molar refractivity (Wildman–Crippen MR) is 110 cm³/mol. The van der Waals surface area contributed by atoms with Gasteiger partial charge in [0, 0.05) is 56.9 Å². The van der Waals surface area contributed by atoms with E-state index in [1.165, 1.54) is 6.92 Å². The smallest absolute Gasteiger partial charge is 0.247 e. The molecule has 1 fully saturated rings. The number of hydrogen-bond donors (Lipinski definition) is 2. The van der Waals surface area contributed by atoms with Gasteiger partial charge in [-0.2, -0.15) is 10.1 Å². The van der Waals surface area contributed by atoms with Crippen molar-refractivity contribution in [1.82, 2.24) is 25.1 Å². The summed E-state index contributed by atoms with van der Waals surface area (Å²) in [5.41, 5.74) is 1.51. The van der Waals surface area contributed by atoms with Gasteiger partial charge in [-0.15, -0.1) is 5.10 Å². The first-order chi connectivity index (χ1) is 14.2. The summed E-state index contributed by atoms with van der Waals surface area (Å²) >= 11 is 0. The second-order valence-electron chi connectivity index (χ2n) is 6.55. The van der Waals surface area contributed by atoms with E-state index in [1.807, 2.05) is 30.3 Å². The number of hydrogen-bond acceptors (Lipinski definition) is 9. The zero-order chi connectivity index (χ0) is 20.1. The second-order valence-corrected chi connectivity index (χ2v) is 6.55. The van der Waals surface area contributed by atoms with Crippen molar-refractivity contribution in [3.05, 3.63) is 48.9 Å². The van der Waals surface area contributed by atoms with Gasteiger partial charge in [0.1, 0.15) is 0 Å². The minimum Gasteiger partial charge on any atom is -0.339 e. The van der Waals surface area contributed by atoms with E-state index >= 15 is 0 Å². The number of piperazine rings is 1. The van der Waals surface area contributed by atoms with Crippen LogP contribution in [0.2, 0.25) is 0 Å². The molecule has 0 radical (unpaired) electrons. The molecule has 0 saturated carbocycles. The lowest BCUT2D eigenvalue weighted by Gasteiger charge is -2.34. The van der Waals surface area contributed by atoms with Crippen molar-refractivity contribution in [2.24, 2.45) is 0 Å². The van der Waals surface area contributed by atoms with Crippen molar-refractivity contribution in [3.63, 3.8) is 0 Å². The topological polar surface area (TPSA) is 112 Å². The summed E-state index contributed by atoms with van der Waals surface area (Å²) in [6.45, 7) is 4.54.